The predicted molar refractivity (Wildman–Crippen MR) is 80.9 cm³/mol. The molecule has 0 aromatic rings. The Bertz CT molecular complexity index is 411. The fraction of sp³-hybridized carbons (Fsp3) is 0.667. The molecule has 0 bridgehead atoms. The molecule has 0 radical (unpaired) electrons. The van der Waals surface area contributed by atoms with Crippen LogP contribution in [0.2, 0.25) is 0 Å². The normalized spacial score (nSPS) is 12.1. The Kier molecular flexibility index (Phi) is 7.18. The van der Waals surface area contributed by atoms with Crippen LogP contribution in [0.15, 0.2) is 16.8 Å². The summed E-state index contributed by atoms with van der Waals surface area (Å²) < 4.78 is 5.07. The van der Waals surface area contributed by atoms with Gasteiger partial charge in [0.2, 0.25) is 0 Å². The number of hydrogen-bond donors (Lipinski definition) is 1. The molecule has 0 saturated carbocycles. The van der Waals surface area contributed by atoms with E-state index in [1.807, 2.05) is 27.7 Å². The lowest BCUT2D eigenvalue weighted by Gasteiger charge is -2.19. The molecule has 0 unspecified atom stereocenters. The van der Waals surface area contributed by atoms with E-state index in [4.69, 9.17) is 4.74 Å². The van der Waals surface area contributed by atoms with Crippen LogP contribution in [0.25, 0.3) is 0 Å². The van der Waals surface area contributed by atoms with E-state index in [0.29, 0.717) is 5.71 Å². The number of aliphatic imine (C=N–C) groups is 1. The van der Waals surface area contributed by atoms with Gasteiger partial charge in [-0.25, -0.2) is 4.79 Å². The van der Waals surface area contributed by atoms with Gasteiger partial charge >= 0.3 is 6.09 Å². The highest BCUT2D eigenvalue weighted by Crippen LogP contribution is 2.06. The Morgan fingerprint density at radius 1 is 1.25 bits per heavy atom. The molecule has 0 rings (SSSR count). The highest BCUT2D eigenvalue weighted by atomic mass is 16.6. The average molecular weight is 282 g/mol. The lowest BCUT2D eigenvalue weighted by molar-refractivity contribution is -0.112. The van der Waals surface area contributed by atoms with Crippen molar-refractivity contribution in [2.24, 2.45) is 10.9 Å². The molecular formula is C15H26N2O3. The zero-order valence-electron chi connectivity index (χ0n) is 13.5. The molecule has 5 heteroatoms. The van der Waals surface area contributed by atoms with Gasteiger partial charge in [-0.05, 0) is 40.5 Å². The molecule has 0 atom stereocenters. The number of ether oxygens (including phenoxy) is 1. The average Bonchev–Trinajstić information content (AvgIpc) is 2.23. The topological polar surface area (TPSA) is 67.8 Å². The maximum absolute atomic E-state index is 12.0. The van der Waals surface area contributed by atoms with Crippen LogP contribution in [0.5, 0.6) is 0 Å². The molecule has 0 spiro atoms. The third kappa shape index (κ3) is 8.45. The number of carbonyl (C=O) groups is 2. The monoisotopic (exact) mass is 282 g/mol. The first-order chi connectivity index (χ1) is 9.03. The summed E-state index contributed by atoms with van der Waals surface area (Å²) in [7, 11) is 0. The van der Waals surface area contributed by atoms with E-state index in [9.17, 15) is 9.59 Å². The van der Waals surface area contributed by atoms with Crippen molar-refractivity contribution in [1.29, 1.82) is 0 Å². The molecule has 1 amide bonds. The fourth-order valence-electron chi connectivity index (χ4n) is 1.30. The summed E-state index contributed by atoms with van der Waals surface area (Å²) in [5, 5.41) is 2.45. The number of nitrogens with one attached hydrogen (secondary N) is 1. The van der Waals surface area contributed by atoms with Gasteiger partial charge < -0.3 is 10.1 Å². The number of Topliss-reactive ketones (excluding diaryl/α,β-unsaturated/α-hetero) is 1. The van der Waals surface area contributed by atoms with Crippen molar-refractivity contribution < 1.29 is 14.3 Å². The van der Waals surface area contributed by atoms with Crippen LogP contribution in [-0.4, -0.2) is 29.7 Å². The first kappa shape index (κ1) is 18.4. The summed E-state index contributed by atoms with van der Waals surface area (Å²) in [4.78, 5) is 27.7. The highest BCUT2D eigenvalue weighted by Gasteiger charge is 2.19. The summed E-state index contributed by atoms with van der Waals surface area (Å²) in [6, 6.07) is 0. The molecule has 0 aliphatic carbocycles. The van der Waals surface area contributed by atoms with Crippen molar-refractivity contribution in [2.45, 2.75) is 54.1 Å². The van der Waals surface area contributed by atoms with Gasteiger partial charge in [-0.1, -0.05) is 19.4 Å². The molecule has 0 aliphatic heterocycles. The number of alkyl carbamates (subject to hydrolysis) is 1. The Balaban J connectivity index is 4.61. The van der Waals surface area contributed by atoms with Gasteiger partial charge in [-0.3, -0.25) is 9.79 Å². The van der Waals surface area contributed by atoms with E-state index in [2.05, 4.69) is 10.3 Å². The zero-order chi connectivity index (χ0) is 15.9. The van der Waals surface area contributed by atoms with Crippen LogP contribution in [0.3, 0.4) is 0 Å². The third-order valence-electron chi connectivity index (χ3n) is 2.09. The Morgan fingerprint density at radius 3 is 2.20 bits per heavy atom. The lowest BCUT2D eigenvalue weighted by Crippen LogP contribution is -2.38. The number of rotatable bonds is 5. The molecule has 0 aromatic carbocycles. The van der Waals surface area contributed by atoms with Gasteiger partial charge in [0.25, 0.3) is 0 Å². The molecule has 0 aromatic heterocycles. The van der Waals surface area contributed by atoms with Gasteiger partial charge in [0.15, 0.2) is 5.78 Å². The first-order valence-electron chi connectivity index (χ1n) is 6.74. The van der Waals surface area contributed by atoms with Crippen molar-refractivity contribution in [3.63, 3.8) is 0 Å². The third-order valence-corrected chi connectivity index (χ3v) is 2.09. The quantitative estimate of drug-likeness (QED) is 0.788. The van der Waals surface area contributed by atoms with E-state index in [1.54, 1.807) is 27.0 Å². The number of allylic oxidation sites excluding steroid dienone is 1. The highest BCUT2D eigenvalue weighted by molar-refractivity contribution is 6.41. The van der Waals surface area contributed by atoms with Crippen molar-refractivity contribution in [3.8, 4) is 0 Å². The fourth-order valence-corrected chi connectivity index (χ4v) is 1.30. The van der Waals surface area contributed by atoms with Crippen molar-refractivity contribution in [2.75, 3.05) is 6.54 Å². The number of amides is 1. The molecular weight excluding hydrogens is 256 g/mol. The van der Waals surface area contributed by atoms with Crippen molar-refractivity contribution in [1.82, 2.24) is 5.32 Å². The van der Waals surface area contributed by atoms with Crippen LogP contribution in [-0.2, 0) is 9.53 Å². The number of hydrogen-bond acceptors (Lipinski definition) is 4. The number of carbonyl (C=O) groups excluding carboxylic acids is 2. The summed E-state index contributed by atoms with van der Waals surface area (Å²) >= 11 is 0. The SMILES string of the molecule is CC(C)=C/N=C(/C(=O)CNC(=O)OC(C)(C)C)C(C)C. The van der Waals surface area contributed by atoms with Crippen LogP contribution >= 0.6 is 0 Å². The van der Waals surface area contributed by atoms with E-state index in [-0.39, 0.29) is 18.2 Å². The molecule has 1 N–H and O–H groups in total. The molecule has 114 valence electrons. The van der Waals surface area contributed by atoms with E-state index >= 15 is 0 Å². The first-order valence-corrected chi connectivity index (χ1v) is 6.74. The van der Waals surface area contributed by atoms with Crippen molar-refractivity contribution in [3.05, 3.63) is 11.8 Å². The molecule has 0 aliphatic rings. The van der Waals surface area contributed by atoms with Gasteiger partial charge in [0.1, 0.15) is 5.60 Å². The number of nitrogens with zero attached hydrogens (tertiary/aromatic N) is 1. The summed E-state index contributed by atoms with van der Waals surface area (Å²) in [6.45, 7) is 12.8. The molecule has 0 fully saturated rings. The second-order valence-electron chi connectivity index (χ2n) is 6.15. The maximum atomic E-state index is 12.0. The van der Waals surface area contributed by atoms with E-state index in [0.717, 1.165) is 5.57 Å². The molecule has 5 nitrogen and oxygen atoms in total. The number of ketones is 1. The largest absolute Gasteiger partial charge is 0.444 e. The Morgan fingerprint density at radius 2 is 1.80 bits per heavy atom. The Labute approximate surface area is 121 Å². The van der Waals surface area contributed by atoms with E-state index in [1.165, 1.54) is 0 Å². The maximum Gasteiger partial charge on any atom is 0.408 e. The van der Waals surface area contributed by atoms with Gasteiger partial charge in [0.05, 0.1) is 12.3 Å². The van der Waals surface area contributed by atoms with Gasteiger partial charge in [-0.2, -0.15) is 0 Å². The molecule has 0 saturated heterocycles. The summed E-state index contributed by atoms with van der Waals surface area (Å²) in [5.41, 5.74) is 0.878. The minimum absolute atomic E-state index is 0.00136. The summed E-state index contributed by atoms with van der Waals surface area (Å²) in [5.74, 6) is -0.207. The molecule has 20 heavy (non-hydrogen) atoms. The standard InChI is InChI=1S/C15H26N2O3/c1-10(2)8-16-13(11(3)4)12(18)9-17-14(19)20-15(5,6)7/h8,11H,9H2,1-7H3,(H,17,19)/b16-13+. The lowest BCUT2D eigenvalue weighted by atomic mass is 10.0. The van der Waals surface area contributed by atoms with Crippen LogP contribution in [0.1, 0.15) is 48.5 Å². The summed E-state index contributed by atoms with van der Waals surface area (Å²) in [6.07, 6.45) is 1.05. The Hall–Kier alpha value is -1.65. The van der Waals surface area contributed by atoms with Gasteiger partial charge in [-0.15, -0.1) is 0 Å². The minimum Gasteiger partial charge on any atom is -0.444 e. The van der Waals surface area contributed by atoms with Crippen LogP contribution < -0.4 is 5.32 Å². The second-order valence-corrected chi connectivity index (χ2v) is 6.15. The van der Waals surface area contributed by atoms with Gasteiger partial charge in [0, 0.05) is 6.20 Å². The molecule has 0 heterocycles. The minimum atomic E-state index is -0.601. The zero-order valence-corrected chi connectivity index (χ0v) is 13.5. The smallest absolute Gasteiger partial charge is 0.408 e. The van der Waals surface area contributed by atoms with Crippen LogP contribution in [0, 0.1) is 5.92 Å². The van der Waals surface area contributed by atoms with E-state index < -0.39 is 11.7 Å². The second kappa shape index (κ2) is 7.82. The van der Waals surface area contributed by atoms with Crippen LogP contribution in [0.4, 0.5) is 4.79 Å². The predicted octanol–water partition coefficient (Wildman–Crippen LogP) is 3.10. The van der Waals surface area contributed by atoms with Crippen molar-refractivity contribution >= 4 is 17.6 Å².